The second kappa shape index (κ2) is 6.72. The van der Waals surface area contributed by atoms with E-state index < -0.39 is 0 Å². The van der Waals surface area contributed by atoms with Gasteiger partial charge in [-0.3, -0.25) is 9.80 Å². The second-order valence-corrected chi connectivity index (χ2v) is 7.46. The molecule has 0 aliphatic carbocycles. The molecule has 0 atom stereocenters. The standard InChI is InChI=1S/C14H25N5OS/c1-14(2,3)11-10-21-13(16-11)9-19-6-4-18(5-7-19)8-12(15)17-20/h10,20H,4-9H2,1-3H3,(H2,15,17). The van der Waals surface area contributed by atoms with E-state index in [4.69, 9.17) is 15.9 Å². The van der Waals surface area contributed by atoms with Crippen molar-refractivity contribution in [3.8, 4) is 0 Å². The highest BCUT2D eigenvalue weighted by molar-refractivity contribution is 7.09. The third kappa shape index (κ3) is 4.66. The third-order valence-electron chi connectivity index (χ3n) is 3.66. The van der Waals surface area contributed by atoms with Crippen LogP contribution in [-0.4, -0.2) is 58.6 Å². The van der Waals surface area contributed by atoms with E-state index in [9.17, 15) is 0 Å². The Labute approximate surface area is 130 Å². The zero-order chi connectivity index (χ0) is 15.5. The van der Waals surface area contributed by atoms with Crippen molar-refractivity contribution in [2.45, 2.75) is 32.7 Å². The molecular formula is C14H25N5OS. The van der Waals surface area contributed by atoms with Crippen molar-refractivity contribution < 1.29 is 5.21 Å². The van der Waals surface area contributed by atoms with Crippen molar-refractivity contribution >= 4 is 17.2 Å². The lowest BCUT2D eigenvalue weighted by Gasteiger charge is -2.33. The van der Waals surface area contributed by atoms with Crippen LogP contribution >= 0.6 is 11.3 Å². The van der Waals surface area contributed by atoms with Crippen molar-refractivity contribution in [2.75, 3.05) is 32.7 Å². The fourth-order valence-electron chi connectivity index (χ4n) is 2.29. The normalized spacial score (nSPS) is 19.1. The Kier molecular flexibility index (Phi) is 5.18. The molecule has 6 nitrogen and oxygen atoms in total. The summed E-state index contributed by atoms with van der Waals surface area (Å²) in [6.07, 6.45) is 0. The predicted molar refractivity (Wildman–Crippen MR) is 85.9 cm³/mol. The maximum atomic E-state index is 8.60. The molecule has 0 aromatic carbocycles. The fourth-order valence-corrected chi connectivity index (χ4v) is 3.35. The van der Waals surface area contributed by atoms with Crippen LogP contribution in [0.2, 0.25) is 0 Å². The summed E-state index contributed by atoms with van der Waals surface area (Å²) in [4.78, 5) is 9.36. The molecule has 7 heteroatoms. The van der Waals surface area contributed by atoms with Gasteiger partial charge in [-0.25, -0.2) is 4.98 Å². The highest BCUT2D eigenvalue weighted by Gasteiger charge is 2.21. The number of hydrogen-bond acceptors (Lipinski definition) is 6. The van der Waals surface area contributed by atoms with Crippen molar-refractivity contribution in [3.05, 3.63) is 16.1 Å². The molecule has 0 amide bonds. The summed E-state index contributed by atoms with van der Waals surface area (Å²) >= 11 is 1.75. The summed E-state index contributed by atoms with van der Waals surface area (Å²) in [5.74, 6) is 0.276. The summed E-state index contributed by atoms with van der Waals surface area (Å²) in [6.45, 7) is 11.9. The molecular weight excluding hydrogens is 286 g/mol. The molecule has 0 unspecified atom stereocenters. The minimum Gasteiger partial charge on any atom is -0.409 e. The number of thiazole rings is 1. The average molecular weight is 311 g/mol. The molecule has 1 saturated heterocycles. The molecule has 0 radical (unpaired) electrons. The monoisotopic (exact) mass is 311 g/mol. The molecule has 0 bridgehead atoms. The molecule has 1 aromatic heterocycles. The first-order valence-corrected chi connectivity index (χ1v) is 8.12. The Morgan fingerprint density at radius 3 is 2.48 bits per heavy atom. The van der Waals surface area contributed by atoms with E-state index in [-0.39, 0.29) is 11.3 Å². The molecule has 118 valence electrons. The molecule has 1 aromatic rings. The fraction of sp³-hybridized carbons (Fsp3) is 0.714. The number of oxime groups is 1. The Bertz CT molecular complexity index is 486. The van der Waals surface area contributed by atoms with E-state index in [0.29, 0.717) is 6.54 Å². The SMILES string of the molecule is CC(C)(C)c1csc(CN2CCN(CC(N)=NO)CC2)n1. The van der Waals surface area contributed by atoms with Crippen LogP contribution in [0.4, 0.5) is 0 Å². The molecule has 0 spiro atoms. The Morgan fingerprint density at radius 2 is 1.95 bits per heavy atom. The predicted octanol–water partition coefficient (Wildman–Crippen LogP) is 1.30. The number of aromatic nitrogens is 1. The molecule has 21 heavy (non-hydrogen) atoms. The molecule has 1 aliphatic rings. The van der Waals surface area contributed by atoms with Gasteiger partial charge in [0.25, 0.3) is 0 Å². The van der Waals surface area contributed by atoms with Crippen molar-refractivity contribution in [2.24, 2.45) is 10.9 Å². The highest BCUT2D eigenvalue weighted by Crippen LogP contribution is 2.24. The lowest BCUT2D eigenvalue weighted by Crippen LogP contribution is -2.48. The first-order chi connectivity index (χ1) is 9.88. The van der Waals surface area contributed by atoms with Gasteiger partial charge < -0.3 is 10.9 Å². The number of rotatable bonds is 4. The van der Waals surface area contributed by atoms with E-state index in [1.807, 2.05) is 0 Å². The van der Waals surface area contributed by atoms with Gasteiger partial charge >= 0.3 is 0 Å². The highest BCUT2D eigenvalue weighted by atomic mass is 32.1. The number of piperazine rings is 1. The maximum Gasteiger partial charge on any atom is 0.153 e. The van der Waals surface area contributed by atoms with Crippen LogP contribution in [0.25, 0.3) is 0 Å². The van der Waals surface area contributed by atoms with Gasteiger partial charge in [-0.05, 0) is 0 Å². The number of nitrogens with two attached hydrogens (primary N) is 1. The van der Waals surface area contributed by atoms with Crippen LogP contribution in [0.5, 0.6) is 0 Å². The second-order valence-electron chi connectivity index (χ2n) is 6.52. The summed E-state index contributed by atoms with van der Waals surface area (Å²) in [5, 5.41) is 15.0. The van der Waals surface area contributed by atoms with Crippen molar-refractivity contribution in [3.63, 3.8) is 0 Å². The number of nitrogens with zero attached hydrogens (tertiary/aromatic N) is 4. The molecule has 1 fully saturated rings. The summed E-state index contributed by atoms with van der Waals surface area (Å²) in [7, 11) is 0. The number of hydrogen-bond donors (Lipinski definition) is 2. The number of amidine groups is 1. The van der Waals surface area contributed by atoms with Gasteiger partial charge in [-0.1, -0.05) is 25.9 Å². The van der Waals surface area contributed by atoms with Crippen molar-refractivity contribution in [1.82, 2.24) is 14.8 Å². The first kappa shape index (κ1) is 16.2. The topological polar surface area (TPSA) is 78.0 Å². The summed E-state index contributed by atoms with van der Waals surface area (Å²) in [6, 6.07) is 0. The van der Waals surface area contributed by atoms with Crippen LogP contribution < -0.4 is 5.73 Å². The zero-order valence-corrected chi connectivity index (χ0v) is 13.9. The van der Waals surface area contributed by atoms with Crippen LogP contribution in [0, 0.1) is 0 Å². The van der Waals surface area contributed by atoms with E-state index >= 15 is 0 Å². The van der Waals surface area contributed by atoms with Crippen LogP contribution in [0.3, 0.4) is 0 Å². The molecule has 0 saturated carbocycles. The van der Waals surface area contributed by atoms with Crippen LogP contribution in [-0.2, 0) is 12.0 Å². The molecule has 2 heterocycles. The molecule has 3 N–H and O–H groups in total. The van der Waals surface area contributed by atoms with E-state index in [1.165, 1.54) is 10.7 Å². The molecule has 2 rings (SSSR count). The lowest BCUT2D eigenvalue weighted by atomic mass is 9.93. The first-order valence-electron chi connectivity index (χ1n) is 7.24. The van der Waals surface area contributed by atoms with Crippen LogP contribution in [0.1, 0.15) is 31.5 Å². The van der Waals surface area contributed by atoms with E-state index in [1.54, 1.807) is 11.3 Å². The van der Waals surface area contributed by atoms with Gasteiger partial charge in [0.1, 0.15) is 5.01 Å². The average Bonchev–Trinajstić information content (AvgIpc) is 2.89. The smallest absolute Gasteiger partial charge is 0.153 e. The Balaban J connectivity index is 1.82. The molecule has 1 aliphatic heterocycles. The lowest BCUT2D eigenvalue weighted by molar-refractivity contribution is 0.138. The van der Waals surface area contributed by atoms with Gasteiger partial charge in [0.2, 0.25) is 0 Å². The quantitative estimate of drug-likeness (QED) is 0.379. The van der Waals surface area contributed by atoms with Gasteiger partial charge in [0.15, 0.2) is 5.84 Å². The minimum atomic E-state index is 0.120. The van der Waals surface area contributed by atoms with Crippen molar-refractivity contribution in [1.29, 1.82) is 0 Å². The largest absolute Gasteiger partial charge is 0.409 e. The minimum absolute atomic E-state index is 0.120. The van der Waals surface area contributed by atoms with Gasteiger partial charge in [0.05, 0.1) is 18.8 Å². The van der Waals surface area contributed by atoms with Gasteiger partial charge in [-0.2, -0.15) is 0 Å². The summed E-state index contributed by atoms with van der Waals surface area (Å²) in [5.41, 5.74) is 6.84. The van der Waals surface area contributed by atoms with Gasteiger partial charge in [0, 0.05) is 37.0 Å². The maximum absolute atomic E-state index is 8.60. The zero-order valence-electron chi connectivity index (χ0n) is 13.0. The van der Waals surface area contributed by atoms with E-state index in [0.717, 1.165) is 32.7 Å². The Morgan fingerprint density at radius 1 is 1.33 bits per heavy atom. The van der Waals surface area contributed by atoms with Crippen LogP contribution in [0.15, 0.2) is 10.5 Å². The third-order valence-corrected chi connectivity index (χ3v) is 4.49. The van der Waals surface area contributed by atoms with E-state index in [2.05, 4.69) is 41.1 Å². The summed E-state index contributed by atoms with van der Waals surface area (Å²) < 4.78 is 0. The Hall–Kier alpha value is -1.18. The van der Waals surface area contributed by atoms with Gasteiger partial charge in [-0.15, -0.1) is 11.3 Å².